The maximum absolute atomic E-state index is 9.64. The van der Waals surface area contributed by atoms with E-state index in [2.05, 4.69) is 12.1 Å². The molecule has 0 saturated carbocycles. The molecule has 0 radical (unpaired) electrons. The van der Waals surface area contributed by atoms with Crippen molar-refractivity contribution in [2.24, 2.45) is 11.3 Å². The van der Waals surface area contributed by atoms with Crippen molar-refractivity contribution in [3.63, 3.8) is 0 Å². The molecule has 0 amide bonds. The summed E-state index contributed by atoms with van der Waals surface area (Å²) >= 11 is 0. The van der Waals surface area contributed by atoms with Crippen LogP contribution in [0.4, 0.5) is 0 Å². The summed E-state index contributed by atoms with van der Waals surface area (Å²) in [6.45, 7) is 2.20. The van der Waals surface area contributed by atoms with Crippen molar-refractivity contribution < 1.29 is 9.47 Å². The lowest BCUT2D eigenvalue weighted by Gasteiger charge is -2.36. The molecule has 1 saturated heterocycles. The minimum atomic E-state index is -0.351. The largest absolute Gasteiger partial charge is 0.492 e. The number of hydrogen-bond acceptors (Lipinski definition) is 3. The van der Waals surface area contributed by atoms with Gasteiger partial charge in [-0.05, 0) is 43.2 Å². The second-order valence-electron chi connectivity index (χ2n) is 5.73. The molecule has 0 N–H and O–H groups in total. The second-order valence-corrected chi connectivity index (χ2v) is 5.73. The van der Waals surface area contributed by atoms with Crippen LogP contribution in [-0.2, 0) is 11.2 Å². The van der Waals surface area contributed by atoms with Gasteiger partial charge in [0.25, 0.3) is 0 Å². The van der Waals surface area contributed by atoms with E-state index in [9.17, 15) is 5.26 Å². The maximum Gasteiger partial charge on any atom is 0.122 e. The van der Waals surface area contributed by atoms with Gasteiger partial charge in [0.15, 0.2) is 0 Å². The molecule has 0 aliphatic carbocycles. The molecule has 19 heavy (non-hydrogen) atoms. The van der Waals surface area contributed by atoms with Crippen molar-refractivity contribution in [3.05, 3.63) is 29.8 Å². The van der Waals surface area contributed by atoms with Crippen molar-refractivity contribution in [2.45, 2.75) is 25.7 Å². The molecule has 2 heterocycles. The van der Waals surface area contributed by atoms with Crippen LogP contribution in [0.3, 0.4) is 0 Å². The first-order valence-corrected chi connectivity index (χ1v) is 7.01. The van der Waals surface area contributed by atoms with E-state index in [1.54, 1.807) is 0 Å². The molecule has 0 aromatic heterocycles. The van der Waals surface area contributed by atoms with Crippen LogP contribution in [-0.4, -0.2) is 19.8 Å². The molecule has 1 atom stereocenters. The Balaban J connectivity index is 1.76. The molecule has 100 valence electrons. The number of nitriles is 1. The summed E-state index contributed by atoms with van der Waals surface area (Å²) in [5.41, 5.74) is 0.818. The Morgan fingerprint density at radius 3 is 2.84 bits per heavy atom. The summed E-state index contributed by atoms with van der Waals surface area (Å²) < 4.78 is 11.2. The third-order valence-electron chi connectivity index (χ3n) is 4.26. The van der Waals surface area contributed by atoms with Gasteiger partial charge in [0.1, 0.15) is 12.4 Å². The number of hydrogen-bond donors (Lipinski definition) is 0. The first kappa shape index (κ1) is 12.5. The topological polar surface area (TPSA) is 42.2 Å². The molecule has 3 heteroatoms. The molecule has 1 aromatic carbocycles. The first-order chi connectivity index (χ1) is 9.31. The highest BCUT2D eigenvalue weighted by atomic mass is 16.5. The van der Waals surface area contributed by atoms with Gasteiger partial charge in [-0.3, -0.25) is 0 Å². The van der Waals surface area contributed by atoms with E-state index in [4.69, 9.17) is 9.47 Å². The standard InChI is InChI=1S/C16H19NO2/c17-11-16(9-13-5-7-18-8-6-13)10-14-3-1-2-4-15(14)19-12-16/h1-4,13H,5-10,12H2. The average molecular weight is 257 g/mol. The third-order valence-corrected chi connectivity index (χ3v) is 4.26. The van der Waals surface area contributed by atoms with Crippen LogP contribution in [0.25, 0.3) is 0 Å². The number of ether oxygens (including phenoxy) is 2. The summed E-state index contributed by atoms with van der Waals surface area (Å²) in [5, 5.41) is 9.64. The lowest BCUT2D eigenvalue weighted by Crippen LogP contribution is -2.36. The third kappa shape index (κ3) is 2.59. The average Bonchev–Trinajstić information content (AvgIpc) is 2.48. The van der Waals surface area contributed by atoms with Gasteiger partial charge in [0.05, 0.1) is 11.5 Å². The smallest absolute Gasteiger partial charge is 0.122 e. The number of nitrogens with zero attached hydrogens (tertiary/aromatic N) is 1. The van der Waals surface area contributed by atoms with E-state index < -0.39 is 0 Å². The summed E-state index contributed by atoms with van der Waals surface area (Å²) in [4.78, 5) is 0. The Morgan fingerprint density at radius 2 is 2.05 bits per heavy atom. The molecule has 3 nitrogen and oxygen atoms in total. The molecular weight excluding hydrogens is 238 g/mol. The highest BCUT2D eigenvalue weighted by molar-refractivity contribution is 5.37. The van der Waals surface area contributed by atoms with Crippen LogP contribution in [0.1, 0.15) is 24.8 Å². The van der Waals surface area contributed by atoms with E-state index in [-0.39, 0.29) is 5.41 Å². The molecule has 1 unspecified atom stereocenters. The van der Waals surface area contributed by atoms with Crippen LogP contribution in [0.5, 0.6) is 5.75 Å². The minimum absolute atomic E-state index is 0.351. The quantitative estimate of drug-likeness (QED) is 0.818. The zero-order valence-corrected chi connectivity index (χ0v) is 11.1. The van der Waals surface area contributed by atoms with Crippen LogP contribution < -0.4 is 4.74 Å². The van der Waals surface area contributed by atoms with E-state index in [0.717, 1.165) is 44.6 Å². The second kappa shape index (κ2) is 5.22. The van der Waals surface area contributed by atoms with Crippen LogP contribution in [0.15, 0.2) is 24.3 Å². The Kier molecular flexibility index (Phi) is 3.44. The van der Waals surface area contributed by atoms with Crippen LogP contribution >= 0.6 is 0 Å². The van der Waals surface area contributed by atoms with E-state index in [1.165, 1.54) is 5.56 Å². The van der Waals surface area contributed by atoms with Gasteiger partial charge in [0.2, 0.25) is 0 Å². The summed E-state index contributed by atoms with van der Waals surface area (Å²) in [7, 11) is 0. The SMILES string of the molecule is N#CC1(CC2CCOCC2)COc2ccccc2C1. The van der Waals surface area contributed by atoms with Gasteiger partial charge in [-0.25, -0.2) is 0 Å². The maximum atomic E-state index is 9.64. The highest BCUT2D eigenvalue weighted by Crippen LogP contribution is 2.40. The summed E-state index contributed by atoms with van der Waals surface area (Å²) in [6.07, 6.45) is 3.90. The minimum Gasteiger partial charge on any atom is -0.492 e. The number of benzene rings is 1. The number of para-hydroxylation sites is 1. The zero-order chi connectivity index (χ0) is 13.1. The van der Waals surface area contributed by atoms with Gasteiger partial charge in [-0.15, -0.1) is 0 Å². The predicted molar refractivity (Wildman–Crippen MR) is 71.8 cm³/mol. The van der Waals surface area contributed by atoms with Crippen molar-refractivity contribution in [1.29, 1.82) is 5.26 Å². The summed E-state index contributed by atoms with van der Waals surface area (Å²) in [5.74, 6) is 1.54. The number of rotatable bonds is 2. The molecule has 3 rings (SSSR count). The first-order valence-electron chi connectivity index (χ1n) is 7.01. The molecular formula is C16H19NO2. The zero-order valence-electron chi connectivity index (χ0n) is 11.1. The number of fused-ring (bicyclic) bond motifs is 1. The lowest BCUT2D eigenvalue weighted by atomic mass is 9.73. The molecule has 1 aromatic rings. The predicted octanol–water partition coefficient (Wildman–Crippen LogP) is 2.95. The molecule has 2 aliphatic rings. The monoisotopic (exact) mass is 257 g/mol. The van der Waals surface area contributed by atoms with Crippen molar-refractivity contribution in [3.8, 4) is 11.8 Å². The van der Waals surface area contributed by atoms with Gasteiger partial charge < -0.3 is 9.47 Å². The normalized spacial score (nSPS) is 27.1. The Morgan fingerprint density at radius 1 is 1.26 bits per heavy atom. The Hall–Kier alpha value is -1.53. The molecule has 2 aliphatic heterocycles. The van der Waals surface area contributed by atoms with Gasteiger partial charge in [-0.1, -0.05) is 18.2 Å². The lowest BCUT2D eigenvalue weighted by molar-refractivity contribution is 0.0434. The molecule has 0 spiro atoms. The Bertz CT molecular complexity index is 488. The van der Waals surface area contributed by atoms with Crippen molar-refractivity contribution in [1.82, 2.24) is 0 Å². The van der Waals surface area contributed by atoms with Crippen LogP contribution in [0.2, 0.25) is 0 Å². The fraction of sp³-hybridized carbons (Fsp3) is 0.562. The van der Waals surface area contributed by atoms with Gasteiger partial charge >= 0.3 is 0 Å². The van der Waals surface area contributed by atoms with E-state index in [0.29, 0.717) is 12.5 Å². The van der Waals surface area contributed by atoms with Crippen molar-refractivity contribution in [2.75, 3.05) is 19.8 Å². The Labute approximate surface area is 114 Å². The fourth-order valence-electron chi connectivity index (χ4n) is 3.17. The highest BCUT2D eigenvalue weighted by Gasteiger charge is 2.38. The van der Waals surface area contributed by atoms with Gasteiger partial charge in [-0.2, -0.15) is 5.26 Å². The van der Waals surface area contributed by atoms with E-state index >= 15 is 0 Å². The van der Waals surface area contributed by atoms with Crippen molar-refractivity contribution >= 4 is 0 Å². The molecule has 1 fully saturated rings. The molecule has 0 bridgehead atoms. The fourth-order valence-corrected chi connectivity index (χ4v) is 3.17. The van der Waals surface area contributed by atoms with Gasteiger partial charge in [0, 0.05) is 13.2 Å². The van der Waals surface area contributed by atoms with E-state index in [1.807, 2.05) is 18.2 Å². The van der Waals surface area contributed by atoms with Crippen LogP contribution in [0, 0.1) is 22.7 Å². The summed E-state index contributed by atoms with van der Waals surface area (Å²) in [6, 6.07) is 10.6.